The van der Waals surface area contributed by atoms with E-state index in [2.05, 4.69) is 11.1 Å². The molecule has 1 aliphatic rings. The van der Waals surface area contributed by atoms with Crippen molar-refractivity contribution in [3.63, 3.8) is 0 Å². The minimum absolute atomic E-state index is 0.0239. The Kier molecular flexibility index (Phi) is 2.42. The molecular formula is C12H10N2. The predicted octanol–water partition coefficient (Wildman–Crippen LogP) is 2.56. The van der Waals surface area contributed by atoms with E-state index in [0.29, 0.717) is 0 Å². The minimum atomic E-state index is -0.0239. The maximum absolute atomic E-state index is 8.98. The van der Waals surface area contributed by atoms with Crippen LogP contribution in [0.3, 0.4) is 0 Å². The molecule has 0 N–H and O–H groups in total. The molecule has 0 bridgehead atoms. The van der Waals surface area contributed by atoms with Gasteiger partial charge in [-0.3, -0.25) is 4.98 Å². The first kappa shape index (κ1) is 8.71. The zero-order chi connectivity index (χ0) is 9.80. The van der Waals surface area contributed by atoms with Crippen LogP contribution in [0.15, 0.2) is 42.8 Å². The summed E-state index contributed by atoms with van der Waals surface area (Å²) >= 11 is 0. The van der Waals surface area contributed by atoms with Crippen molar-refractivity contribution in [2.75, 3.05) is 0 Å². The van der Waals surface area contributed by atoms with Crippen molar-refractivity contribution in [2.45, 2.75) is 6.42 Å². The fourth-order valence-electron chi connectivity index (χ4n) is 1.58. The molecule has 0 saturated heterocycles. The second-order valence-corrected chi connectivity index (χ2v) is 3.21. The lowest BCUT2D eigenvalue weighted by Crippen LogP contribution is -2.02. The number of rotatable bonds is 1. The third-order valence-corrected chi connectivity index (χ3v) is 2.31. The highest BCUT2D eigenvalue weighted by atomic mass is 14.6. The lowest BCUT2D eigenvalue weighted by Gasteiger charge is -2.14. The molecule has 0 radical (unpaired) electrons. The molecule has 2 rings (SSSR count). The fourth-order valence-corrected chi connectivity index (χ4v) is 1.58. The van der Waals surface area contributed by atoms with Crippen molar-refractivity contribution in [2.24, 2.45) is 5.92 Å². The Morgan fingerprint density at radius 1 is 1.50 bits per heavy atom. The van der Waals surface area contributed by atoms with E-state index >= 15 is 0 Å². The van der Waals surface area contributed by atoms with E-state index in [4.69, 9.17) is 5.26 Å². The molecule has 0 aromatic carbocycles. The number of nitrogens with zero attached hydrogens (tertiary/aromatic N) is 2. The van der Waals surface area contributed by atoms with Crippen molar-refractivity contribution >= 4 is 5.57 Å². The van der Waals surface area contributed by atoms with E-state index in [1.807, 2.05) is 30.4 Å². The molecule has 0 aliphatic heterocycles. The van der Waals surface area contributed by atoms with Crippen molar-refractivity contribution in [3.05, 3.63) is 48.3 Å². The number of hydrogen-bond donors (Lipinski definition) is 0. The maximum atomic E-state index is 8.98. The molecule has 2 heteroatoms. The van der Waals surface area contributed by atoms with Crippen LogP contribution < -0.4 is 0 Å². The molecule has 0 amide bonds. The van der Waals surface area contributed by atoms with Gasteiger partial charge in [0.15, 0.2) is 0 Å². The van der Waals surface area contributed by atoms with E-state index in [1.54, 1.807) is 12.4 Å². The summed E-state index contributed by atoms with van der Waals surface area (Å²) in [6.07, 6.45) is 10.4. The Morgan fingerprint density at radius 3 is 3.14 bits per heavy atom. The van der Waals surface area contributed by atoms with E-state index in [-0.39, 0.29) is 5.92 Å². The third kappa shape index (κ3) is 1.57. The average molecular weight is 182 g/mol. The molecule has 14 heavy (non-hydrogen) atoms. The first-order valence-corrected chi connectivity index (χ1v) is 4.58. The topological polar surface area (TPSA) is 36.7 Å². The van der Waals surface area contributed by atoms with Crippen LogP contribution in [0.4, 0.5) is 0 Å². The quantitative estimate of drug-likeness (QED) is 0.669. The first-order valence-electron chi connectivity index (χ1n) is 4.58. The molecule has 0 saturated carbocycles. The van der Waals surface area contributed by atoms with Crippen LogP contribution in [-0.4, -0.2) is 4.98 Å². The van der Waals surface area contributed by atoms with Gasteiger partial charge in [0, 0.05) is 12.4 Å². The summed E-state index contributed by atoms with van der Waals surface area (Å²) in [4.78, 5) is 4.05. The summed E-state index contributed by atoms with van der Waals surface area (Å²) in [5.74, 6) is -0.0239. The lowest BCUT2D eigenvalue weighted by molar-refractivity contribution is 0.858. The summed E-state index contributed by atoms with van der Waals surface area (Å²) in [6.45, 7) is 0. The van der Waals surface area contributed by atoms with E-state index in [1.165, 1.54) is 0 Å². The number of pyridine rings is 1. The fraction of sp³-hybridized carbons (Fsp3) is 0.167. The molecule has 1 aromatic heterocycles. The van der Waals surface area contributed by atoms with Crippen LogP contribution >= 0.6 is 0 Å². The highest BCUT2D eigenvalue weighted by Gasteiger charge is 2.15. The zero-order valence-corrected chi connectivity index (χ0v) is 7.72. The van der Waals surface area contributed by atoms with Crippen molar-refractivity contribution in [1.82, 2.24) is 4.98 Å². The van der Waals surface area contributed by atoms with Crippen LogP contribution in [0.2, 0.25) is 0 Å². The van der Waals surface area contributed by atoms with Gasteiger partial charge in [-0.2, -0.15) is 5.26 Å². The summed E-state index contributed by atoms with van der Waals surface area (Å²) < 4.78 is 0. The number of nitriles is 1. The summed E-state index contributed by atoms with van der Waals surface area (Å²) in [7, 11) is 0. The first-order chi connectivity index (χ1) is 6.92. The molecule has 1 unspecified atom stereocenters. The van der Waals surface area contributed by atoms with Crippen molar-refractivity contribution in [1.29, 1.82) is 5.26 Å². The van der Waals surface area contributed by atoms with Gasteiger partial charge in [-0.25, -0.2) is 0 Å². The molecule has 2 nitrogen and oxygen atoms in total. The highest BCUT2D eigenvalue weighted by molar-refractivity contribution is 5.71. The monoisotopic (exact) mass is 182 g/mol. The van der Waals surface area contributed by atoms with Gasteiger partial charge in [0.25, 0.3) is 0 Å². The van der Waals surface area contributed by atoms with Crippen molar-refractivity contribution < 1.29 is 0 Å². The van der Waals surface area contributed by atoms with Gasteiger partial charge in [-0.1, -0.05) is 24.3 Å². The number of allylic oxidation sites excluding steroid dienone is 4. The molecule has 1 aliphatic carbocycles. The van der Waals surface area contributed by atoms with Crippen LogP contribution in [0.5, 0.6) is 0 Å². The van der Waals surface area contributed by atoms with E-state index < -0.39 is 0 Å². The zero-order valence-electron chi connectivity index (χ0n) is 7.72. The lowest BCUT2D eigenvalue weighted by atomic mass is 9.88. The SMILES string of the molecule is N#CC1CC=CC=C1c1cccnc1. The van der Waals surface area contributed by atoms with Gasteiger partial charge >= 0.3 is 0 Å². The minimum Gasteiger partial charge on any atom is -0.264 e. The molecule has 0 spiro atoms. The highest BCUT2D eigenvalue weighted by Crippen LogP contribution is 2.28. The Morgan fingerprint density at radius 2 is 2.43 bits per heavy atom. The Hall–Kier alpha value is -1.88. The average Bonchev–Trinajstić information content (AvgIpc) is 2.30. The van der Waals surface area contributed by atoms with Crippen LogP contribution in [0.1, 0.15) is 12.0 Å². The van der Waals surface area contributed by atoms with Crippen LogP contribution in [-0.2, 0) is 0 Å². The Bertz CT molecular complexity index is 410. The second kappa shape index (κ2) is 3.89. The van der Waals surface area contributed by atoms with Crippen LogP contribution in [0, 0.1) is 17.2 Å². The van der Waals surface area contributed by atoms with Crippen molar-refractivity contribution in [3.8, 4) is 6.07 Å². The van der Waals surface area contributed by atoms with Gasteiger partial charge in [0.05, 0.1) is 12.0 Å². The predicted molar refractivity (Wildman–Crippen MR) is 55.1 cm³/mol. The van der Waals surface area contributed by atoms with Gasteiger partial charge in [0.1, 0.15) is 0 Å². The van der Waals surface area contributed by atoms with E-state index in [0.717, 1.165) is 17.6 Å². The third-order valence-electron chi connectivity index (χ3n) is 2.31. The van der Waals surface area contributed by atoms with Gasteiger partial charge in [0.2, 0.25) is 0 Å². The second-order valence-electron chi connectivity index (χ2n) is 3.21. The largest absolute Gasteiger partial charge is 0.264 e. The molecule has 1 aromatic rings. The molecule has 1 heterocycles. The summed E-state index contributed by atoms with van der Waals surface area (Å²) in [5, 5.41) is 8.98. The van der Waals surface area contributed by atoms with Gasteiger partial charge < -0.3 is 0 Å². The van der Waals surface area contributed by atoms with E-state index in [9.17, 15) is 0 Å². The smallest absolute Gasteiger partial charge is 0.0753 e. The summed E-state index contributed by atoms with van der Waals surface area (Å²) in [6, 6.07) is 6.19. The molecular weight excluding hydrogens is 172 g/mol. The Balaban J connectivity index is 2.38. The maximum Gasteiger partial charge on any atom is 0.0753 e. The normalized spacial score (nSPS) is 19.9. The molecule has 1 atom stereocenters. The number of aromatic nitrogens is 1. The standard InChI is InChI=1S/C12H10N2/c13-8-10-4-1-2-6-12(10)11-5-3-7-14-9-11/h1-3,5-7,9-10H,4H2. The Labute approximate surface area is 83.2 Å². The summed E-state index contributed by atoms with van der Waals surface area (Å²) in [5.41, 5.74) is 2.12. The van der Waals surface area contributed by atoms with Gasteiger partial charge in [-0.15, -0.1) is 0 Å². The van der Waals surface area contributed by atoms with Crippen LogP contribution in [0.25, 0.3) is 5.57 Å². The molecule has 0 fully saturated rings. The number of hydrogen-bond acceptors (Lipinski definition) is 2. The van der Waals surface area contributed by atoms with Gasteiger partial charge in [-0.05, 0) is 23.6 Å². The molecule has 68 valence electrons.